The number of anilines is 2. The summed E-state index contributed by atoms with van der Waals surface area (Å²) in [6.07, 6.45) is 0.948. The zero-order valence-corrected chi connectivity index (χ0v) is 25.8. The summed E-state index contributed by atoms with van der Waals surface area (Å²) in [5.74, 6) is 0.814. The van der Waals surface area contributed by atoms with E-state index in [0.717, 1.165) is 17.7 Å². The zero-order valence-electron chi connectivity index (χ0n) is 24.2. The third-order valence-electron chi connectivity index (χ3n) is 8.51. The first kappa shape index (κ1) is 29.2. The quantitative estimate of drug-likeness (QED) is 0.301. The Morgan fingerprint density at radius 3 is 2.53 bits per heavy atom. The van der Waals surface area contributed by atoms with E-state index in [9.17, 15) is 18.0 Å². The normalized spacial score (nSPS) is 18.6. The molecule has 0 aliphatic carbocycles. The van der Waals surface area contributed by atoms with Crippen LogP contribution in [-0.4, -0.2) is 45.2 Å². The second-order valence-corrected chi connectivity index (χ2v) is 13.7. The van der Waals surface area contributed by atoms with E-state index in [1.54, 1.807) is 48.5 Å². The molecule has 1 saturated heterocycles. The van der Waals surface area contributed by atoms with Crippen LogP contribution in [0.3, 0.4) is 0 Å². The Labute approximate surface area is 265 Å². The van der Waals surface area contributed by atoms with E-state index in [4.69, 9.17) is 21.1 Å². The van der Waals surface area contributed by atoms with Gasteiger partial charge in [0.25, 0.3) is 21.5 Å². The van der Waals surface area contributed by atoms with Crippen molar-refractivity contribution in [1.29, 1.82) is 0 Å². The lowest BCUT2D eigenvalue weighted by Crippen LogP contribution is -2.47. The number of benzene rings is 3. The molecule has 0 spiro atoms. The van der Waals surface area contributed by atoms with Crippen molar-refractivity contribution in [3.8, 4) is 11.5 Å². The summed E-state index contributed by atoms with van der Waals surface area (Å²) < 4.78 is 43.3. The van der Waals surface area contributed by atoms with Gasteiger partial charge < -0.3 is 24.3 Å². The van der Waals surface area contributed by atoms with Gasteiger partial charge in [-0.1, -0.05) is 29.8 Å². The molecule has 232 valence electrons. The largest absolute Gasteiger partial charge is 0.486 e. The van der Waals surface area contributed by atoms with Crippen molar-refractivity contribution in [2.24, 2.45) is 5.92 Å². The summed E-state index contributed by atoms with van der Waals surface area (Å²) >= 11 is 5.99. The van der Waals surface area contributed by atoms with Gasteiger partial charge in [-0.25, -0.2) is 8.42 Å². The van der Waals surface area contributed by atoms with Crippen molar-refractivity contribution in [3.63, 3.8) is 0 Å². The van der Waals surface area contributed by atoms with Crippen molar-refractivity contribution in [3.05, 3.63) is 111 Å². The smallest absolute Gasteiger partial charge is 0.262 e. The number of pyridine rings is 1. The number of rotatable bonds is 7. The van der Waals surface area contributed by atoms with E-state index in [2.05, 4.69) is 14.9 Å². The van der Waals surface area contributed by atoms with Crippen molar-refractivity contribution >= 4 is 38.9 Å². The van der Waals surface area contributed by atoms with Crippen molar-refractivity contribution in [1.82, 2.24) is 9.88 Å². The van der Waals surface area contributed by atoms with E-state index in [-0.39, 0.29) is 40.4 Å². The van der Waals surface area contributed by atoms with E-state index < -0.39 is 10.0 Å². The monoisotopic (exact) mass is 646 g/mol. The van der Waals surface area contributed by atoms with E-state index in [0.29, 0.717) is 60.6 Å². The molecule has 3 aromatic carbocycles. The molecule has 10 nitrogen and oxygen atoms in total. The van der Waals surface area contributed by atoms with Crippen molar-refractivity contribution in [2.75, 3.05) is 35.9 Å². The Bertz CT molecular complexity index is 1950. The predicted molar refractivity (Wildman–Crippen MR) is 171 cm³/mol. The number of halogens is 1. The van der Waals surface area contributed by atoms with E-state index >= 15 is 0 Å². The van der Waals surface area contributed by atoms with Crippen LogP contribution in [0.4, 0.5) is 11.4 Å². The number of aromatic nitrogens is 1. The highest BCUT2D eigenvalue weighted by atomic mass is 35.5. The maximum Gasteiger partial charge on any atom is 0.262 e. The average molecular weight is 647 g/mol. The summed E-state index contributed by atoms with van der Waals surface area (Å²) in [6, 6.07) is 22.1. The molecule has 4 aromatic rings. The summed E-state index contributed by atoms with van der Waals surface area (Å²) in [5.41, 5.74) is 3.11. The minimum atomic E-state index is -4.08. The first-order chi connectivity index (χ1) is 21.7. The molecular weight excluding hydrogens is 616 g/mol. The molecule has 2 unspecified atom stereocenters. The minimum Gasteiger partial charge on any atom is -0.486 e. The Kier molecular flexibility index (Phi) is 7.66. The minimum absolute atomic E-state index is 0.00232. The van der Waals surface area contributed by atoms with Crippen LogP contribution in [-0.2, 0) is 23.1 Å². The summed E-state index contributed by atoms with van der Waals surface area (Å²) in [4.78, 5) is 28.0. The number of hydrogen-bond acceptors (Lipinski definition) is 7. The van der Waals surface area contributed by atoms with Gasteiger partial charge in [0.1, 0.15) is 13.2 Å². The van der Waals surface area contributed by atoms with Gasteiger partial charge in [-0.15, -0.1) is 0 Å². The molecule has 3 aliphatic heterocycles. The fourth-order valence-electron chi connectivity index (χ4n) is 6.41. The van der Waals surface area contributed by atoms with Crippen molar-refractivity contribution < 1.29 is 22.7 Å². The first-order valence-electron chi connectivity index (χ1n) is 14.8. The van der Waals surface area contributed by atoms with Gasteiger partial charge in [-0.3, -0.25) is 14.3 Å². The van der Waals surface area contributed by atoms with Crippen LogP contribution in [0.2, 0.25) is 5.02 Å². The number of nitrogens with one attached hydrogen (secondary N) is 2. The third kappa shape index (κ3) is 5.97. The van der Waals surface area contributed by atoms with Crippen LogP contribution in [0, 0.1) is 5.92 Å². The zero-order chi connectivity index (χ0) is 31.1. The second-order valence-electron chi connectivity index (χ2n) is 11.6. The van der Waals surface area contributed by atoms with Crippen LogP contribution in [0.5, 0.6) is 11.5 Å². The lowest BCUT2D eigenvalue weighted by Gasteiger charge is -2.44. The molecule has 4 heterocycles. The third-order valence-corrected chi connectivity index (χ3v) is 10.1. The maximum atomic E-state index is 13.8. The lowest BCUT2D eigenvalue weighted by atomic mass is 9.83. The molecule has 45 heavy (non-hydrogen) atoms. The number of nitrogens with zero attached hydrogens (tertiary/aromatic N) is 2. The molecule has 7 rings (SSSR count). The molecule has 12 heteroatoms. The summed E-state index contributed by atoms with van der Waals surface area (Å²) in [5, 5.41) is 3.51. The Morgan fingerprint density at radius 2 is 1.71 bits per heavy atom. The summed E-state index contributed by atoms with van der Waals surface area (Å²) in [7, 11) is -4.08. The van der Waals surface area contributed by atoms with Crippen LogP contribution >= 0.6 is 11.6 Å². The van der Waals surface area contributed by atoms with E-state index in [1.165, 1.54) is 12.1 Å². The molecule has 0 saturated carbocycles. The molecule has 1 amide bonds. The number of sulfonamides is 1. The molecule has 1 aromatic heterocycles. The van der Waals surface area contributed by atoms with Crippen LogP contribution in [0.1, 0.15) is 34.0 Å². The molecule has 0 radical (unpaired) electrons. The Balaban J connectivity index is 1.21. The molecular formula is C33H31ClN4O6S. The number of hydrogen-bond donors (Lipinski definition) is 2. The van der Waals surface area contributed by atoms with Crippen LogP contribution in [0.15, 0.2) is 88.6 Å². The van der Waals surface area contributed by atoms with Gasteiger partial charge in [0.2, 0.25) is 0 Å². The summed E-state index contributed by atoms with van der Waals surface area (Å²) in [6.45, 7) is 2.84. The first-order valence-corrected chi connectivity index (χ1v) is 16.6. The van der Waals surface area contributed by atoms with Crippen molar-refractivity contribution in [2.45, 2.75) is 30.3 Å². The topological polar surface area (TPSA) is 119 Å². The molecule has 2 N–H and O–H groups in total. The molecule has 2 bridgehead atoms. The highest BCUT2D eigenvalue weighted by Crippen LogP contribution is 2.40. The highest BCUT2D eigenvalue weighted by Gasteiger charge is 2.35. The molecule has 2 atom stereocenters. The number of fused-ring (bicyclic) bond motifs is 5. The predicted octanol–water partition coefficient (Wildman–Crippen LogP) is 4.63. The Hall–Kier alpha value is -4.48. The highest BCUT2D eigenvalue weighted by molar-refractivity contribution is 7.92. The SMILES string of the molecule is O=C(NCc1ccc(Cl)cc1)c1ccc(N2CC3CC(C2)c2cccc(=O)n2C3)c(NS(=O)(=O)c2ccc3c(c2)OCCO3)c1. The van der Waals surface area contributed by atoms with Crippen LogP contribution < -0.4 is 30.0 Å². The van der Waals surface area contributed by atoms with Gasteiger partial charge in [-0.05, 0) is 66.4 Å². The second kappa shape index (κ2) is 11.8. The van der Waals surface area contributed by atoms with Gasteiger partial charge in [0.05, 0.1) is 16.3 Å². The standard InChI is InChI=1S/C33H31ClN4O6S/c34-25-7-4-21(5-8-25)17-35-33(40)23-6-10-29(37-18-22-14-24(20-37)28-2-1-3-32(39)38(28)19-22)27(15-23)36-45(41,42)26-9-11-30-31(16-26)44-13-12-43-30/h1-11,15-16,22,24,36H,12-14,17-20H2,(H,35,40). The van der Waals surface area contributed by atoms with Crippen LogP contribution in [0.25, 0.3) is 0 Å². The maximum absolute atomic E-state index is 13.8. The number of piperidine rings is 1. The number of carbonyl (C=O) groups excluding carboxylic acids is 1. The van der Waals surface area contributed by atoms with E-state index in [1.807, 2.05) is 22.8 Å². The number of amides is 1. The van der Waals surface area contributed by atoms with Gasteiger partial charge in [-0.2, -0.15) is 0 Å². The molecule has 1 fully saturated rings. The fourth-order valence-corrected chi connectivity index (χ4v) is 7.62. The fraction of sp³-hybridized carbons (Fsp3) is 0.273. The van der Waals surface area contributed by atoms with Gasteiger partial charge >= 0.3 is 0 Å². The Morgan fingerprint density at radius 1 is 0.911 bits per heavy atom. The number of ether oxygens (including phenoxy) is 2. The van der Waals surface area contributed by atoms with Gasteiger partial charge in [0.15, 0.2) is 11.5 Å². The molecule has 3 aliphatic rings. The van der Waals surface area contributed by atoms with Gasteiger partial charge in [0, 0.05) is 60.5 Å². The number of carbonyl (C=O) groups is 1. The average Bonchev–Trinajstić information content (AvgIpc) is 3.04. The lowest BCUT2D eigenvalue weighted by molar-refractivity contribution is 0.0951.